The van der Waals surface area contributed by atoms with E-state index >= 15 is 0 Å². The van der Waals surface area contributed by atoms with E-state index in [0.717, 1.165) is 12.8 Å². The van der Waals surface area contributed by atoms with Gasteiger partial charge < -0.3 is 15.0 Å². The molecule has 1 aromatic heterocycles. The van der Waals surface area contributed by atoms with E-state index in [4.69, 9.17) is 4.74 Å². The van der Waals surface area contributed by atoms with Crippen LogP contribution >= 0.6 is 11.3 Å². The number of nitro benzene ring substituents is 1. The van der Waals surface area contributed by atoms with E-state index in [9.17, 15) is 19.7 Å². The Bertz CT molecular complexity index is 847. The summed E-state index contributed by atoms with van der Waals surface area (Å²) in [5, 5.41) is 15.7. The highest BCUT2D eigenvalue weighted by Crippen LogP contribution is 2.30. The van der Waals surface area contributed by atoms with E-state index in [0.29, 0.717) is 10.7 Å². The number of benzene rings is 1. The molecule has 27 heavy (non-hydrogen) atoms. The number of anilines is 1. The van der Waals surface area contributed by atoms with Crippen LogP contribution in [0.1, 0.15) is 35.3 Å². The number of carbonyl (C=O) groups excluding carboxylic acids is 2. The molecule has 0 atom stereocenters. The first kappa shape index (κ1) is 18.8. The SMILES string of the molecule is CCOC(=O)c1csc(CN(C(=O)Nc2ccc([N+](=O)[O-])cc2)C2CC2)n1. The van der Waals surface area contributed by atoms with Gasteiger partial charge in [-0.3, -0.25) is 10.1 Å². The second kappa shape index (κ2) is 8.12. The van der Waals surface area contributed by atoms with Crippen LogP contribution in [0.5, 0.6) is 0 Å². The summed E-state index contributed by atoms with van der Waals surface area (Å²) >= 11 is 1.30. The Morgan fingerprint density at radius 1 is 1.37 bits per heavy atom. The fourth-order valence-corrected chi connectivity index (χ4v) is 3.20. The third-order valence-corrected chi connectivity index (χ3v) is 4.75. The summed E-state index contributed by atoms with van der Waals surface area (Å²) in [6, 6.07) is 5.47. The van der Waals surface area contributed by atoms with Crippen molar-refractivity contribution in [1.29, 1.82) is 0 Å². The molecule has 10 heteroatoms. The van der Waals surface area contributed by atoms with Crippen molar-refractivity contribution in [3.63, 3.8) is 0 Å². The number of amides is 2. The molecule has 0 aliphatic heterocycles. The van der Waals surface area contributed by atoms with Crippen molar-refractivity contribution in [2.24, 2.45) is 0 Å². The highest BCUT2D eigenvalue weighted by Gasteiger charge is 2.33. The Balaban J connectivity index is 1.66. The Morgan fingerprint density at radius 3 is 2.67 bits per heavy atom. The number of urea groups is 1. The average molecular weight is 390 g/mol. The van der Waals surface area contributed by atoms with Crippen molar-refractivity contribution in [3.8, 4) is 0 Å². The monoisotopic (exact) mass is 390 g/mol. The molecule has 1 saturated carbocycles. The van der Waals surface area contributed by atoms with E-state index in [1.165, 1.54) is 35.6 Å². The number of hydrogen-bond acceptors (Lipinski definition) is 7. The van der Waals surface area contributed by atoms with E-state index in [1.807, 2.05) is 0 Å². The van der Waals surface area contributed by atoms with Crippen LogP contribution in [0.3, 0.4) is 0 Å². The van der Waals surface area contributed by atoms with Crippen molar-refractivity contribution in [1.82, 2.24) is 9.88 Å². The Morgan fingerprint density at radius 2 is 2.07 bits per heavy atom. The standard InChI is InChI=1S/C17H18N4O5S/c1-2-26-16(22)14-10-27-15(19-14)9-20(12-7-8-12)17(23)18-11-3-5-13(6-4-11)21(24)25/h3-6,10,12H,2,7-9H2,1H3,(H,18,23). The first-order valence-corrected chi connectivity index (χ1v) is 9.29. The van der Waals surface area contributed by atoms with Crippen LogP contribution in [0.2, 0.25) is 0 Å². The van der Waals surface area contributed by atoms with Gasteiger partial charge in [0.2, 0.25) is 0 Å². The van der Waals surface area contributed by atoms with Gasteiger partial charge in [0.1, 0.15) is 5.01 Å². The molecule has 0 radical (unpaired) electrons. The molecular formula is C17H18N4O5S. The Labute approximate surface area is 159 Å². The number of ether oxygens (including phenoxy) is 1. The van der Waals surface area contributed by atoms with Crippen LogP contribution in [-0.4, -0.2) is 39.5 Å². The zero-order chi connectivity index (χ0) is 19.4. The molecule has 1 aliphatic carbocycles. The number of hydrogen-bond donors (Lipinski definition) is 1. The van der Waals surface area contributed by atoms with Gasteiger partial charge in [-0.1, -0.05) is 0 Å². The Kier molecular flexibility index (Phi) is 5.65. The fraction of sp³-hybridized carbons (Fsp3) is 0.353. The molecule has 0 spiro atoms. The molecule has 0 bridgehead atoms. The molecular weight excluding hydrogens is 372 g/mol. The number of thiazole rings is 1. The molecule has 1 N–H and O–H groups in total. The maximum atomic E-state index is 12.6. The lowest BCUT2D eigenvalue weighted by atomic mass is 10.3. The van der Waals surface area contributed by atoms with Gasteiger partial charge in [-0.25, -0.2) is 14.6 Å². The summed E-state index contributed by atoms with van der Waals surface area (Å²) in [4.78, 5) is 40.5. The van der Waals surface area contributed by atoms with Crippen molar-refractivity contribution in [3.05, 3.63) is 50.5 Å². The summed E-state index contributed by atoms with van der Waals surface area (Å²) in [5.74, 6) is -0.478. The lowest BCUT2D eigenvalue weighted by molar-refractivity contribution is -0.384. The molecule has 142 valence electrons. The van der Waals surface area contributed by atoms with Crippen LogP contribution in [-0.2, 0) is 11.3 Å². The zero-order valence-electron chi connectivity index (χ0n) is 14.6. The van der Waals surface area contributed by atoms with Crippen LogP contribution < -0.4 is 5.32 Å². The molecule has 0 saturated heterocycles. The fourth-order valence-electron chi connectivity index (χ4n) is 2.44. The first-order valence-electron chi connectivity index (χ1n) is 8.41. The van der Waals surface area contributed by atoms with Gasteiger partial charge in [-0.2, -0.15) is 0 Å². The van der Waals surface area contributed by atoms with E-state index < -0.39 is 10.9 Å². The van der Waals surface area contributed by atoms with Crippen molar-refractivity contribution >= 4 is 34.7 Å². The van der Waals surface area contributed by atoms with Crippen molar-refractivity contribution in [2.75, 3.05) is 11.9 Å². The van der Waals surface area contributed by atoms with Crippen LogP contribution in [0.15, 0.2) is 29.6 Å². The molecule has 1 heterocycles. The summed E-state index contributed by atoms with van der Waals surface area (Å²) < 4.78 is 4.92. The van der Waals surface area contributed by atoms with Gasteiger partial charge in [0.05, 0.1) is 18.1 Å². The topological polar surface area (TPSA) is 115 Å². The number of non-ortho nitro benzene ring substituents is 1. The normalized spacial score (nSPS) is 13.1. The summed E-state index contributed by atoms with van der Waals surface area (Å²) in [5.41, 5.74) is 0.673. The number of carbonyl (C=O) groups is 2. The largest absolute Gasteiger partial charge is 0.461 e. The number of nitrogens with zero attached hydrogens (tertiary/aromatic N) is 3. The predicted molar refractivity (Wildman–Crippen MR) is 98.8 cm³/mol. The van der Waals surface area contributed by atoms with Gasteiger partial charge in [0, 0.05) is 29.2 Å². The van der Waals surface area contributed by atoms with Gasteiger partial charge in [-0.15, -0.1) is 11.3 Å². The molecule has 0 unspecified atom stereocenters. The van der Waals surface area contributed by atoms with Crippen LogP contribution in [0, 0.1) is 10.1 Å². The minimum absolute atomic E-state index is 0.0404. The summed E-state index contributed by atoms with van der Waals surface area (Å²) in [6.07, 6.45) is 1.81. The van der Waals surface area contributed by atoms with E-state index in [1.54, 1.807) is 17.2 Å². The maximum absolute atomic E-state index is 12.6. The number of nitrogens with one attached hydrogen (secondary N) is 1. The van der Waals surface area contributed by atoms with Crippen LogP contribution in [0.25, 0.3) is 0 Å². The van der Waals surface area contributed by atoms with Gasteiger partial charge in [0.15, 0.2) is 5.69 Å². The third-order valence-electron chi connectivity index (χ3n) is 3.92. The van der Waals surface area contributed by atoms with Crippen LogP contribution in [0.4, 0.5) is 16.2 Å². The second-order valence-corrected chi connectivity index (χ2v) is 6.88. The molecule has 1 aliphatic rings. The lowest BCUT2D eigenvalue weighted by Crippen LogP contribution is -2.36. The van der Waals surface area contributed by atoms with Gasteiger partial charge >= 0.3 is 12.0 Å². The molecule has 2 aromatic rings. The molecule has 2 amide bonds. The maximum Gasteiger partial charge on any atom is 0.357 e. The third kappa shape index (κ3) is 4.79. The highest BCUT2D eigenvalue weighted by molar-refractivity contribution is 7.09. The first-order chi connectivity index (χ1) is 13.0. The second-order valence-electron chi connectivity index (χ2n) is 5.94. The lowest BCUT2D eigenvalue weighted by Gasteiger charge is -2.21. The Hall–Kier alpha value is -3.01. The van der Waals surface area contributed by atoms with Crippen molar-refractivity contribution in [2.45, 2.75) is 32.4 Å². The highest BCUT2D eigenvalue weighted by atomic mass is 32.1. The number of aromatic nitrogens is 1. The smallest absolute Gasteiger partial charge is 0.357 e. The van der Waals surface area contributed by atoms with E-state index in [2.05, 4.69) is 10.3 Å². The summed E-state index contributed by atoms with van der Waals surface area (Å²) in [6.45, 7) is 2.29. The minimum Gasteiger partial charge on any atom is -0.461 e. The number of nitro groups is 1. The molecule has 9 nitrogen and oxygen atoms in total. The molecule has 3 rings (SSSR count). The number of esters is 1. The van der Waals surface area contributed by atoms with Gasteiger partial charge in [0.25, 0.3) is 5.69 Å². The minimum atomic E-state index is -0.494. The zero-order valence-corrected chi connectivity index (χ0v) is 15.4. The predicted octanol–water partition coefficient (Wildman–Crippen LogP) is 3.42. The molecule has 1 aromatic carbocycles. The quantitative estimate of drug-likeness (QED) is 0.440. The van der Waals surface area contributed by atoms with E-state index in [-0.39, 0.29) is 36.6 Å². The van der Waals surface area contributed by atoms with Crippen molar-refractivity contribution < 1.29 is 19.2 Å². The molecule has 1 fully saturated rings. The summed E-state index contributed by atoms with van der Waals surface area (Å²) in [7, 11) is 0. The number of rotatable bonds is 7. The average Bonchev–Trinajstić information content (AvgIpc) is 3.37. The van der Waals surface area contributed by atoms with Gasteiger partial charge in [-0.05, 0) is 31.9 Å².